The number of ether oxygens (including phenoxy) is 1. The Hall–Kier alpha value is -1.40. The average molecular weight is 250 g/mol. The van der Waals surface area contributed by atoms with Gasteiger partial charge in [0.05, 0.1) is 19.8 Å². The van der Waals surface area contributed by atoms with Crippen molar-refractivity contribution in [2.45, 2.75) is 25.6 Å². The van der Waals surface area contributed by atoms with Gasteiger partial charge in [-0.1, -0.05) is 0 Å². The van der Waals surface area contributed by atoms with Crippen molar-refractivity contribution >= 4 is 5.91 Å². The summed E-state index contributed by atoms with van der Waals surface area (Å²) in [5.74, 6) is 1.16. The number of aromatic nitrogens is 2. The Morgan fingerprint density at radius 2 is 2.50 bits per heavy atom. The Balaban J connectivity index is 1.57. The summed E-state index contributed by atoms with van der Waals surface area (Å²) in [6.07, 6.45) is 4.27. The number of rotatable bonds is 2. The summed E-state index contributed by atoms with van der Waals surface area (Å²) >= 11 is 0. The molecule has 18 heavy (non-hydrogen) atoms. The first-order valence-corrected chi connectivity index (χ1v) is 6.42. The number of nitrogens with one attached hydrogen (secondary N) is 1. The van der Waals surface area contributed by atoms with Gasteiger partial charge in [-0.2, -0.15) is 0 Å². The number of hydrogen-bond donors (Lipinski definition) is 1. The zero-order valence-electron chi connectivity index (χ0n) is 10.3. The molecule has 1 saturated heterocycles. The van der Waals surface area contributed by atoms with E-state index in [0.717, 1.165) is 32.1 Å². The molecule has 0 saturated carbocycles. The number of nitrogens with zero attached hydrogens (tertiary/aromatic N) is 3. The predicted molar refractivity (Wildman–Crippen MR) is 64.9 cm³/mol. The van der Waals surface area contributed by atoms with Crippen molar-refractivity contribution in [1.82, 2.24) is 19.8 Å². The van der Waals surface area contributed by atoms with Crippen LogP contribution in [0.3, 0.4) is 0 Å². The molecule has 1 unspecified atom stereocenters. The Kier molecular flexibility index (Phi) is 3.29. The van der Waals surface area contributed by atoms with Gasteiger partial charge in [-0.05, 0) is 0 Å². The molecular formula is C12H18N4O2. The number of morpholine rings is 1. The lowest BCUT2D eigenvalue weighted by molar-refractivity contribution is -0.134. The standard InChI is InChI=1S/C12H18N4O2/c17-12(7-10-9-18-6-2-13-10)16-5-4-15-3-1-14-11(15)8-16/h1,3,10,13H,2,4-9H2. The Bertz CT molecular complexity index is 425. The fourth-order valence-electron chi connectivity index (χ4n) is 2.48. The van der Waals surface area contributed by atoms with Crippen LogP contribution < -0.4 is 5.32 Å². The second-order valence-electron chi connectivity index (χ2n) is 4.78. The summed E-state index contributed by atoms with van der Waals surface area (Å²) in [6, 6.07) is 0.160. The average Bonchev–Trinajstić information content (AvgIpc) is 2.87. The van der Waals surface area contributed by atoms with Gasteiger partial charge in [0.1, 0.15) is 5.82 Å². The molecular weight excluding hydrogens is 232 g/mol. The smallest absolute Gasteiger partial charge is 0.224 e. The van der Waals surface area contributed by atoms with Crippen molar-refractivity contribution in [2.75, 3.05) is 26.3 Å². The molecule has 2 aliphatic heterocycles. The van der Waals surface area contributed by atoms with Crippen LogP contribution in [0.15, 0.2) is 12.4 Å². The van der Waals surface area contributed by atoms with Gasteiger partial charge in [-0.3, -0.25) is 4.79 Å². The van der Waals surface area contributed by atoms with Crippen LogP contribution in [-0.4, -0.2) is 52.7 Å². The van der Waals surface area contributed by atoms with Gasteiger partial charge in [-0.15, -0.1) is 0 Å². The highest BCUT2D eigenvalue weighted by atomic mass is 16.5. The predicted octanol–water partition coefficient (Wildman–Crippen LogP) is -0.396. The minimum atomic E-state index is 0.160. The Morgan fingerprint density at radius 3 is 3.33 bits per heavy atom. The lowest BCUT2D eigenvalue weighted by atomic mass is 10.1. The molecule has 1 aromatic heterocycles. The third kappa shape index (κ3) is 2.39. The molecule has 1 amide bonds. The van der Waals surface area contributed by atoms with Crippen LogP contribution in [0.4, 0.5) is 0 Å². The number of hydrogen-bond acceptors (Lipinski definition) is 4. The molecule has 0 aromatic carbocycles. The number of carbonyl (C=O) groups excluding carboxylic acids is 1. The highest BCUT2D eigenvalue weighted by Crippen LogP contribution is 2.12. The summed E-state index contributed by atoms with van der Waals surface area (Å²) in [7, 11) is 0. The first-order valence-electron chi connectivity index (χ1n) is 6.42. The van der Waals surface area contributed by atoms with Gasteiger partial charge in [-0.25, -0.2) is 4.98 Å². The van der Waals surface area contributed by atoms with Crippen LogP contribution in [0.25, 0.3) is 0 Å². The zero-order valence-corrected chi connectivity index (χ0v) is 10.3. The van der Waals surface area contributed by atoms with Crippen LogP contribution >= 0.6 is 0 Å². The summed E-state index contributed by atoms with van der Waals surface area (Å²) in [5, 5.41) is 3.31. The molecule has 1 fully saturated rings. The molecule has 1 atom stereocenters. The van der Waals surface area contributed by atoms with Crippen molar-refractivity contribution in [3.8, 4) is 0 Å². The first kappa shape index (κ1) is 11.7. The molecule has 3 rings (SSSR count). The van der Waals surface area contributed by atoms with E-state index in [4.69, 9.17) is 4.74 Å². The monoisotopic (exact) mass is 250 g/mol. The second kappa shape index (κ2) is 5.07. The highest BCUT2D eigenvalue weighted by molar-refractivity contribution is 5.76. The quantitative estimate of drug-likeness (QED) is 0.776. The largest absolute Gasteiger partial charge is 0.378 e. The van der Waals surface area contributed by atoms with Crippen LogP contribution in [0.2, 0.25) is 0 Å². The molecule has 0 bridgehead atoms. The van der Waals surface area contributed by atoms with Gasteiger partial charge >= 0.3 is 0 Å². The van der Waals surface area contributed by atoms with E-state index in [-0.39, 0.29) is 11.9 Å². The topological polar surface area (TPSA) is 59.4 Å². The highest BCUT2D eigenvalue weighted by Gasteiger charge is 2.24. The SMILES string of the molecule is O=C(CC1COCCN1)N1CCn2ccnc2C1. The molecule has 6 nitrogen and oxygen atoms in total. The fourth-order valence-corrected chi connectivity index (χ4v) is 2.48. The first-order chi connectivity index (χ1) is 8.83. The minimum Gasteiger partial charge on any atom is -0.378 e. The van der Waals surface area contributed by atoms with Gasteiger partial charge in [0, 0.05) is 44.5 Å². The van der Waals surface area contributed by atoms with Crippen LogP contribution in [0, 0.1) is 0 Å². The molecule has 98 valence electrons. The van der Waals surface area contributed by atoms with E-state index in [1.165, 1.54) is 0 Å². The van der Waals surface area contributed by atoms with Crippen molar-refractivity contribution in [2.24, 2.45) is 0 Å². The number of amides is 1. The van der Waals surface area contributed by atoms with E-state index >= 15 is 0 Å². The van der Waals surface area contributed by atoms with Crippen molar-refractivity contribution in [1.29, 1.82) is 0 Å². The van der Waals surface area contributed by atoms with Crippen LogP contribution in [0.5, 0.6) is 0 Å². The summed E-state index contributed by atoms with van der Waals surface area (Å²) in [4.78, 5) is 18.3. The lowest BCUT2D eigenvalue weighted by Gasteiger charge is -2.30. The van der Waals surface area contributed by atoms with E-state index in [1.54, 1.807) is 6.20 Å². The molecule has 2 aliphatic rings. The lowest BCUT2D eigenvalue weighted by Crippen LogP contribution is -2.46. The third-order valence-electron chi connectivity index (χ3n) is 3.52. The van der Waals surface area contributed by atoms with E-state index < -0.39 is 0 Å². The van der Waals surface area contributed by atoms with Crippen LogP contribution in [0.1, 0.15) is 12.2 Å². The molecule has 0 aliphatic carbocycles. The summed E-state index contributed by atoms with van der Waals surface area (Å²) in [6.45, 7) is 4.45. The maximum absolute atomic E-state index is 12.2. The minimum absolute atomic E-state index is 0.160. The molecule has 1 N–H and O–H groups in total. The van der Waals surface area contributed by atoms with Gasteiger partial charge in [0.15, 0.2) is 0 Å². The zero-order chi connectivity index (χ0) is 12.4. The van der Waals surface area contributed by atoms with Crippen molar-refractivity contribution in [3.63, 3.8) is 0 Å². The normalized spacial score (nSPS) is 23.8. The van der Waals surface area contributed by atoms with Crippen molar-refractivity contribution in [3.05, 3.63) is 18.2 Å². The molecule has 6 heteroatoms. The maximum atomic E-state index is 12.2. The number of fused-ring (bicyclic) bond motifs is 1. The molecule has 1 aromatic rings. The second-order valence-corrected chi connectivity index (χ2v) is 4.78. The number of carbonyl (C=O) groups is 1. The van der Waals surface area contributed by atoms with E-state index in [2.05, 4.69) is 14.9 Å². The van der Waals surface area contributed by atoms with Crippen LogP contribution in [-0.2, 0) is 22.6 Å². The third-order valence-corrected chi connectivity index (χ3v) is 3.52. The van der Waals surface area contributed by atoms with Crippen molar-refractivity contribution < 1.29 is 9.53 Å². The maximum Gasteiger partial charge on any atom is 0.224 e. The fraction of sp³-hybridized carbons (Fsp3) is 0.667. The van der Waals surface area contributed by atoms with Gasteiger partial charge < -0.3 is 19.5 Å². The van der Waals surface area contributed by atoms with Gasteiger partial charge in [0.2, 0.25) is 5.91 Å². The molecule has 0 spiro atoms. The Labute approximate surface area is 106 Å². The number of imidazole rings is 1. The van der Waals surface area contributed by atoms with E-state index in [9.17, 15) is 4.79 Å². The summed E-state index contributed by atoms with van der Waals surface area (Å²) < 4.78 is 7.47. The summed E-state index contributed by atoms with van der Waals surface area (Å²) in [5.41, 5.74) is 0. The molecule has 0 radical (unpaired) electrons. The van der Waals surface area contributed by atoms with Gasteiger partial charge in [0.25, 0.3) is 0 Å². The van der Waals surface area contributed by atoms with E-state index in [0.29, 0.717) is 19.6 Å². The Morgan fingerprint density at radius 1 is 1.56 bits per heavy atom. The van der Waals surface area contributed by atoms with E-state index in [1.807, 2.05) is 11.1 Å². The molecule has 3 heterocycles.